The highest BCUT2D eigenvalue weighted by Gasteiger charge is 2.22. The number of benzene rings is 2. The van der Waals surface area contributed by atoms with Crippen LogP contribution in [0.1, 0.15) is 11.1 Å². The zero-order chi connectivity index (χ0) is 22.1. The molecule has 0 saturated carbocycles. The Kier molecular flexibility index (Phi) is 4.67. The summed E-state index contributed by atoms with van der Waals surface area (Å²) in [5, 5.41) is 26.1. The zero-order valence-corrected chi connectivity index (χ0v) is 16.5. The molecule has 0 fully saturated rings. The normalized spacial score (nSPS) is 12.4. The molecule has 0 atom stereocenters. The van der Waals surface area contributed by atoms with Gasteiger partial charge >= 0.3 is 0 Å². The summed E-state index contributed by atoms with van der Waals surface area (Å²) < 4.78 is 15.2. The lowest BCUT2D eigenvalue weighted by atomic mass is 10.1. The van der Waals surface area contributed by atoms with Crippen molar-refractivity contribution in [2.24, 2.45) is 5.10 Å². The molecule has 2 aromatic carbocycles. The van der Waals surface area contributed by atoms with Crippen molar-refractivity contribution in [1.82, 2.24) is 20.3 Å². The Morgan fingerprint density at radius 1 is 1.09 bits per heavy atom. The Balaban J connectivity index is 1.47. The SMILES string of the molecule is Cc1ccccc1Nc1nc2nonc2nc1NN=Cc1cc2c(cc1[N+](=O)[O-])OCO2. The molecule has 1 aliphatic heterocycles. The summed E-state index contributed by atoms with van der Waals surface area (Å²) in [6.07, 6.45) is 1.28. The summed E-state index contributed by atoms with van der Waals surface area (Å²) in [4.78, 5) is 19.6. The molecular formula is C19H14N8O5. The van der Waals surface area contributed by atoms with E-state index in [9.17, 15) is 10.1 Å². The average Bonchev–Trinajstić information content (AvgIpc) is 3.43. The second kappa shape index (κ2) is 7.79. The first-order valence-electron chi connectivity index (χ1n) is 9.28. The molecule has 0 radical (unpaired) electrons. The van der Waals surface area contributed by atoms with E-state index in [0.29, 0.717) is 17.3 Å². The van der Waals surface area contributed by atoms with Gasteiger partial charge in [0, 0.05) is 5.69 Å². The van der Waals surface area contributed by atoms with E-state index in [-0.39, 0.29) is 35.2 Å². The summed E-state index contributed by atoms with van der Waals surface area (Å²) in [6, 6.07) is 10.4. The van der Waals surface area contributed by atoms with E-state index >= 15 is 0 Å². The number of aryl methyl sites for hydroxylation is 1. The third kappa shape index (κ3) is 3.58. The van der Waals surface area contributed by atoms with E-state index < -0.39 is 4.92 Å². The summed E-state index contributed by atoms with van der Waals surface area (Å²) in [5.41, 5.74) is 4.96. The Hall–Kier alpha value is -4.81. The summed E-state index contributed by atoms with van der Waals surface area (Å²) in [5.74, 6) is 1.24. The number of para-hydroxylation sites is 1. The summed E-state index contributed by atoms with van der Waals surface area (Å²) >= 11 is 0. The van der Waals surface area contributed by atoms with Gasteiger partial charge in [-0.05, 0) is 34.9 Å². The first kappa shape index (κ1) is 19.2. The van der Waals surface area contributed by atoms with Crippen molar-refractivity contribution >= 4 is 40.5 Å². The monoisotopic (exact) mass is 434 g/mol. The van der Waals surface area contributed by atoms with Crippen LogP contribution in [0.15, 0.2) is 46.1 Å². The molecule has 160 valence electrons. The van der Waals surface area contributed by atoms with Crippen LogP contribution < -0.4 is 20.2 Å². The van der Waals surface area contributed by atoms with Crippen LogP contribution in [0.4, 0.5) is 23.0 Å². The maximum absolute atomic E-state index is 11.4. The lowest BCUT2D eigenvalue weighted by molar-refractivity contribution is -0.385. The number of hydrazone groups is 1. The molecule has 4 aromatic rings. The number of rotatable bonds is 6. The number of anilines is 3. The highest BCUT2D eigenvalue weighted by atomic mass is 16.7. The topological polar surface area (TPSA) is 163 Å². The first-order chi connectivity index (χ1) is 15.6. The van der Waals surface area contributed by atoms with E-state index in [4.69, 9.17) is 9.47 Å². The number of nitro groups is 1. The standard InChI is InChI=1S/C19H14N8O5/c1-10-4-2-3-5-12(10)21-16-17(23-19-18(22-16)25-32-26-19)24-20-8-11-6-14-15(31-9-30-14)7-13(11)27(28)29/h2-8H,9H2,1H3,(H,21,22,25)(H,23,24,26). The minimum absolute atomic E-state index is 0.000600. The van der Waals surface area contributed by atoms with E-state index in [0.717, 1.165) is 11.3 Å². The Bertz CT molecular complexity index is 1370. The lowest BCUT2D eigenvalue weighted by Crippen LogP contribution is -2.04. The minimum atomic E-state index is -0.526. The van der Waals surface area contributed by atoms with Gasteiger partial charge < -0.3 is 14.8 Å². The molecule has 13 nitrogen and oxygen atoms in total. The Labute approximate surface area is 179 Å². The van der Waals surface area contributed by atoms with Gasteiger partial charge in [0.1, 0.15) is 0 Å². The van der Waals surface area contributed by atoms with E-state index in [2.05, 4.69) is 40.8 Å². The van der Waals surface area contributed by atoms with Gasteiger partial charge in [-0.1, -0.05) is 18.2 Å². The zero-order valence-electron chi connectivity index (χ0n) is 16.5. The Morgan fingerprint density at radius 3 is 2.56 bits per heavy atom. The fraction of sp³-hybridized carbons (Fsp3) is 0.105. The first-order valence-corrected chi connectivity index (χ1v) is 9.28. The van der Waals surface area contributed by atoms with Crippen LogP contribution in [0.3, 0.4) is 0 Å². The van der Waals surface area contributed by atoms with Crippen LogP contribution in [0, 0.1) is 17.0 Å². The number of ether oxygens (including phenoxy) is 2. The molecule has 0 unspecified atom stereocenters. The largest absolute Gasteiger partial charge is 0.454 e. The third-order valence-corrected chi connectivity index (χ3v) is 4.61. The molecule has 1 aliphatic rings. The third-order valence-electron chi connectivity index (χ3n) is 4.61. The predicted molar refractivity (Wildman–Crippen MR) is 112 cm³/mol. The summed E-state index contributed by atoms with van der Waals surface area (Å²) in [6.45, 7) is 1.94. The Morgan fingerprint density at radius 2 is 1.81 bits per heavy atom. The van der Waals surface area contributed by atoms with Crippen LogP contribution in [0.5, 0.6) is 11.5 Å². The van der Waals surface area contributed by atoms with Crippen LogP contribution in [0.25, 0.3) is 11.3 Å². The van der Waals surface area contributed by atoms with Gasteiger partial charge in [-0.3, -0.25) is 15.5 Å². The molecule has 2 aromatic heterocycles. The smallest absolute Gasteiger partial charge is 0.282 e. The van der Waals surface area contributed by atoms with E-state index in [1.165, 1.54) is 18.3 Å². The quantitative estimate of drug-likeness (QED) is 0.260. The molecule has 0 saturated heterocycles. The molecule has 0 bridgehead atoms. The lowest BCUT2D eigenvalue weighted by Gasteiger charge is -2.11. The van der Waals surface area contributed by atoms with Crippen molar-refractivity contribution in [3.05, 3.63) is 57.6 Å². The second-order valence-electron chi connectivity index (χ2n) is 6.66. The molecule has 13 heteroatoms. The highest BCUT2D eigenvalue weighted by molar-refractivity contribution is 5.88. The van der Waals surface area contributed by atoms with Gasteiger partial charge in [-0.15, -0.1) is 0 Å². The number of fused-ring (bicyclic) bond motifs is 2. The number of nitro benzene ring substituents is 1. The molecule has 0 spiro atoms. The van der Waals surface area contributed by atoms with Gasteiger partial charge in [-0.2, -0.15) is 10.1 Å². The fourth-order valence-electron chi connectivity index (χ4n) is 3.02. The number of nitrogens with zero attached hydrogens (tertiary/aromatic N) is 6. The number of aromatic nitrogens is 4. The van der Waals surface area contributed by atoms with E-state index in [1.807, 2.05) is 31.2 Å². The van der Waals surface area contributed by atoms with Crippen molar-refractivity contribution in [2.75, 3.05) is 17.5 Å². The fourth-order valence-corrected chi connectivity index (χ4v) is 3.02. The molecule has 5 rings (SSSR count). The highest BCUT2D eigenvalue weighted by Crippen LogP contribution is 2.37. The van der Waals surface area contributed by atoms with Crippen molar-refractivity contribution in [3.8, 4) is 11.5 Å². The summed E-state index contributed by atoms with van der Waals surface area (Å²) in [7, 11) is 0. The van der Waals surface area contributed by atoms with Gasteiger partial charge in [0.15, 0.2) is 23.1 Å². The van der Waals surface area contributed by atoms with Gasteiger partial charge in [0.25, 0.3) is 5.69 Å². The van der Waals surface area contributed by atoms with Crippen LogP contribution in [-0.4, -0.2) is 38.2 Å². The number of hydrogen-bond acceptors (Lipinski definition) is 12. The van der Waals surface area contributed by atoms with Gasteiger partial charge in [0.05, 0.1) is 22.8 Å². The number of hydrogen-bond donors (Lipinski definition) is 2. The maximum Gasteiger partial charge on any atom is 0.282 e. The predicted octanol–water partition coefficient (Wildman–Crippen LogP) is 3.15. The van der Waals surface area contributed by atoms with E-state index in [1.54, 1.807) is 0 Å². The van der Waals surface area contributed by atoms with Gasteiger partial charge in [-0.25, -0.2) is 9.61 Å². The van der Waals surface area contributed by atoms with Crippen molar-refractivity contribution in [1.29, 1.82) is 0 Å². The molecule has 2 N–H and O–H groups in total. The minimum Gasteiger partial charge on any atom is -0.454 e. The number of nitrogens with one attached hydrogen (secondary N) is 2. The van der Waals surface area contributed by atoms with Crippen molar-refractivity contribution < 1.29 is 19.0 Å². The molecular weight excluding hydrogens is 420 g/mol. The van der Waals surface area contributed by atoms with Crippen LogP contribution >= 0.6 is 0 Å². The van der Waals surface area contributed by atoms with Crippen LogP contribution in [-0.2, 0) is 0 Å². The molecule has 3 heterocycles. The van der Waals surface area contributed by atoms with Gasteiger partial charge in [0.2, 0.25) is 18.1 Å². The molecule has 32 heavy (non-hydrogen) atoms. The van der Waals surface area contributed by atoms with Crippen molar-refractivity contribution in [2.45, 2.75) is 6.92 Å². The maximum atomic E-state index is 11.4. The van der Waals surface area contributed by atoms with Crippen LogP contribution in [0.2, 0.25) is 0 Å². The average molecular weight is 434 g/mol. The second-order valence-corrected chi connectivity index (χ2v) is 6.66. The molecule has 0 aliphatic carbocycles. The van der Waals surface area contributed by atoms with Crippen molar-refractivity contribution in [3.63, 3.8) is 0 Å². The molecule has 0 amide bonds.